The van der Waals surface area contributed by atoms with E-state index in [-0.39, 0.29) is 5.97 Å². The summed E-state index contributed by atoms with van der Waals surface area (Å²) in [5, 5.41) is 0. The van der Waals surface area contributed by atoms with Gasteiger partial charge in [-0.05, 0) is 30.0 Å². The van der Waals surface area contributed by atoms with Gasteiger partial charge in [0.25, 0.3) is 0 Å². The van der Waals surface area contributed by atoms with Crippen LogP contribution >= 0.6 is 0 Å². The molecule has 0 bridgehead atoms. The summed E-state index contributed by atoms with van der Waals surface area (Å²) in [7, 11) is 0. The maximum Gasteiger partial charge on any atom is 0.322 e. The summed E-state index contributed by atoms with van der Waals surface area (Å²) >= 11 is 0. The van der Waals surface area contributed by atoms with Gasteiger partial charge in [-0.1, -0.05) is 78.9 Å². The fourth-order valence-corrected chi connectivity index (χ4v) is 3.54. The number of ether oxygens (including phenoxy) is 1. The van der Waals surface area contributed by atoms with Crippen molar-refractivity contribution < 1.29 is 9.53 Å². The SMILES string of the molecule is O=C1Oc2ccccc2C1(Cc1ccccc1)Cc1ccccc1. The highest BCUT2D eigenvalue weighted by Gasteiger charge is 2.48. The molecule has 2 heteroatoms. The first-order valence-electron chi connectivity index (χ1n) is 8.18. The van der Waals surface area contributed by atoms with Crippen molar-refractivity contribution in [2.45, 2.75) is 18.3 Å². The van der Waals surface area contributed by atoms with Crippen molar-refractivity contribution in [2.24, 2.45) is 0 Å². The van der Waals surface area contributed by atoms with Gasteiger partial charge in [0.2, 0.25) is 0 Å². The Morgan fingerprint density at radius 3 is 1.75 bits per heavy atom. The van der Waals surface area contributed by atoms with Gasteiger partial charge in [-0.15, -0.1) is 0 Å². The molecule has 1 aliphatic rings. The Labute approximate surface area is 141 Å². The molecule has 2 nitrogen and oxygen atoms in total. The molecule has 4 rings (SSSR count). The minimum atomic E-state index is -0.667. The van der Waals surface area contributed by atoms with E-state index in [1.165, 1.54) is 0 Å². The molecule has 0 N–H and O–H groups in total. The largest absolute Gasteiger partial charge is 0.426 e. The predicted octanol–water partition coefficient (Wildman–Crippen LogP) is 4.33. The summed E-state index contributed by atoms with van der Waals surface area (Å²) in [6, 6.07) is 28.1. The molecule has 0 unspecified atom stereocenters. The van der Waals surface area contributed by atoms with E-state index < -0.39 is 5.41 Å². The van der Waals surface area contributed by atoms with Crippen LogP contribution in [0.4, 0.5) is 0 Å². The smallest absolute Gasteiger partial charge is 0.322 e. The molecule has 0 saturated carbocycles. The molecule has 0 radical (unpaired) electrons. The lowest BCUT2D eigenvalue weighted by Gasteiger charge is -2.26. The van der Waals surface area contributed by atoms with Crippen LogP contribution in [0.5, 0.6) is 5.75 Å². The lowest BCUT2D eigenvalue weighted by atomic mass is 9.72. The Morgan fingerprint density at radius 2 is 1.17 bits per heavy atom. The third kappa shape index (κ3) is 2.50. The number of rotatable bonds is 4. The summed E-state index contributed by atoms with van der Waals surface area (Å²) in [6.07, 6.45) is 1.27. The van der Waals surface area contributed by atoms with Gasteiger partial charge in [0.1, 0.15) is 11.2 Å². The van der Waals surface area contributed by atoms with Gasteiger partial charge >= 0.3 is 5.97 Å². The van der Waals surface area contributed by atoms with Gasteiger partial charge in [0.15, 0.2) is 0 Å². The molecule has 1 aliphatic heterocycles. The Bertz CT molecular complexity index is 812. The third-order valence-electron chi connectivity index (χ3n) is 4.69. The number of para-hydroxylation sites is 1. The Kier molecular flexibility index (Phi) is 3.66. The second-order valence-corrected chi connectivity index (χ2v) is 6.29. The molecule has 3 aromatic rings. The first-order chi connectivity index (χ1) is 11.8. The van der Waals surface area contributed by atoms with Crippen LogP contribution in [-0.4, -0.2) is 5.97 Å². The normalized spacial score (nSPS) is 14.9. The van der Waals surface area contributed by atoms with Crippen LogP contribution in [-0.2, 0) is 23.1 Å². The number of benzene rings is 3. The second-order valence-electron chi connectivity index (χ2n) is 6.29. The molecule has 0 saturated heterocycles. The van der Waals surface area contributed by atoms with Gasteiger partial charge in [-0.25, -0.2) is 0 Å². The van der Waals surface area contributed by atoms with Gasteiger partial charge in [0.05, 0.1) is 0 Å². The number of fused-ring (bicyclic) bond motifs is 1. The fourth-order valence-electron chi connectivity index (χ4n) is 3.54. The van der Waals surface area contributed by atoms with Gasteiger partial charge in [-0.3, -0.25) is 4.79 Å². The van der Waals surface area contributed by atoms with E-state index in [1.807, 2.05) is 60.7 Å². The quantitative estimate of drug-likeness (QED) is 0.529. The van der Waals surface area contributed by atoms with E-state index in [1.54, 1.807) is 0 Å². The van der Waals surface area contributed by atoms with Crippen molar-refractivity contribution in [2.75, 3.05) is 0 Å². The molecular formula is C22H18O2. The zero-order chi connectivity index (χ0) is 16.4. The van der Waals surface area contributed by atoms with Crippen LogP contribution in [0.25, 0.3) is 0 Å². The number of carbonyl (C=O) groups is 1. The van der Waals surface area contributed by atoms with E-state index >= 15 is 0 Å². The van der Waals surface area contributed by atoms with Crippen LogP contribution in [0.1, 0.15) is 16.7 Å². The average molecular weight is 314 g/mol. The van der Waals surface area contributed by atoms with Gasteiger partial charge in [-0.2, -0.15) is 0 Å². The van der Waals surface area contributed by atoms with E-state index in [2.05, 4.69) is 24.3 Å². The van der Waals surface area contributed by atoms with E-state index in [0.29, 0.717) is 18.6 Å². The second kappa shape index (κ2) is 5.97. The molecule has 0 aromatic heterocycles. The van der Waals surface area contributed by atoms with Gasteiger partial charge < -0.3 is 4.74 Å². The first-order valence-corrected chi connectivity index (χ1v) is 8.18. The number of hydrogen-bond donors (Lipinski definition) is 0. The highest BCUT2D eigenvalue weighted by atomic mass is 16.5. The van der Waals surface area contributed by atoms with Crippen molar-refractivity contribution in [1.82, 2.24) is 0 Å². The third-order valence-corrected chi connectivity index (χ3v) is 4.69. The zero-order valence-corrected chi connectivity index (χ0v) is 13.3. The number of carbonyl (C=O) groups excluding carboxylic acids is 1. The maximum absolute atomic E-state index is 12.9. The van der Waals surface area contributed by atoms with Crippen molar-refractivity contribution in [1.29, 1.82) is 0 Å². The lowest BCUT2D eigenvalue weighted by molar-refractivity contribution is -0.138. The number of esters is 1. The first kappa shape index (κ1) is 14.7. The van der Waals surface area contributed by atoms with Crippen molar-refractivity contribution in [3.05, 3.63) is 102 Å². The van der Waals surface area contributed by atoms with Crippen molar-refractivity contribution >= 4 is 5.97 Å². The highest BCUT2D eigenvalue weighted by Crippen LogP contribution is 2.44. The monoisotopic (exact) mass is 314 g/mol. The summed E-state index contributed by atoms with van der Waals surface area (Å²) < 4.78 is 5.63. The van der Waals surface area contributed by atoms with Crippen molar-refractivity contribution in [3.8, 4) is 5.75 Å². The number of hydrogen-bond acceptors (Lipinski definition) is 2. The summed E-state index contributed by atoms with van der Waals surface area (Å²) in [5.41, 5.74) is 2.60. The van der Waals surface area contributed by atoms with Crippen LogP contribution < -0.4 is 4.74 Å². The van der Waals surface area contributed by atoms with Gasteiger partial charge in [0, 0.05) is 5.56 Å². The molecule has 0 amide bonds. The molecule has 24 heavy (non-hydrogen) atoms. The standard InChI is InChI=1S/C22H18O2/c23-21-22(15-17-9-3-1-4-10-17,16-18-11-5-2-6-12-18)19-13-7-8-14-20(19)24-21/h1-14H,15-16H2. The Morgan fingerprint density at radius 1 is 0.667 bits per heavy atom. The minimum Gasteiger partial charge on any atom is -0.426 e. The van der Waals surface area contributed by atoms with Crippen LogP contribution in [0.15, 0.2) is 84.9 Å². The molecule has 1 heterocycles. The maximum atomic E-state index is 12.9. The van der Waals surface area contributed by atoms with Crippen LogP contribution in [0.3, 0.4) is 0 Å². The Balaban J connectivity index is 1.82. The molecular weight excluding hydrogens is 296 g/mol. The van der Waals surface area contributed by atoms with E-state index in [0.717, 1.165) is 16.7 Å². The molecule has 118 valence electrons. The predicted molar refractivity (Wildman–Crippen MR) is 94.0 cm³/mol. The fraction of sp³-hybridized carbons (Fsp3) is 0.136. The van der Waals surface area contributed by atoms with Crippen molar-refractivity contribution in [3.63, 3.8) is 0 Å². The molecule has 3 aromatic carbocycles. The molecule has 0 spiro atoms. The van der Waals surface area contributed by atoms with E-state index in [4.69, 9.17) is 4.74 Å². The average Bonchev–Trinajstić information content (AvgIpc) is 2.89. The summed E-state index contributed by atoms with van der Waals surface area (Å²) in [6.45, 7) is 0. The minimum absolute atomic E-state index is 0.156. The van der Waals surface area contributed by atoms with Crippen LogP contribution in [0, 0.1) is 0 Å². The lowest BCUT2D eigenvalue weighted by Crippen LogP contribution is -2.38. The van der Waals surface area contributed by atoms with Crippen LogP contribution in [0.2, 0.25) is 0 Å². The van der Waals surface area contributed by atoms with E-state index in [9.17, 15) is 4.79 Å². The zero-order valence-electron chi connectivity index (χ0n) is 13.3. The highest BCUT2D eigenvalue weighted by molar-refractivity contribution is 5.91. The molecule has 0 fully saturated rings. The topological polar surface area (TPSA) is 26.3 Å². The molecule has 0 aliphatic carbocycles. The summed E-state index contributed by atoms with van der Waals surface area (Å²) in [4.78, 5) is 12.9. The molecule has 0 atom stereocenters. The Hall–Kier alpha value is -2.87. The summed E-state index contributed by atoms with van der Waals surface area (Å²) in [5.74, 6) is 0.533.